The van der Waals surface area contributed by atoms with Gasteiger partial charge in [0, 0.05) is 34.9 Å². The van der Waals surface area contributed by atoms with Crippen LogP contribution in [0.2, 0.25) is 0 Å². The fraction of sp³-hybridized carbons (Fsp3) is 0.107. The SMILES string of the molecule is Oc1ccc(C2Oc3cc(O)cc(C4c5cc(C=Cc6cc(O)cc7c6C(c6cccc(O)c6)C(c6ccccc6)O7)ccc5OC4c4ccc(O)c(O)c4)c3C2c2cc(O)cc(O)c2)cc1. The van der Waals surface area contributed by atoms with Crippen molar-refractivity contribution in [2.45, 2.75) is 36.1 Å². The van der Waals surface area contributed by atoms with E-state index in [0.717, 1.165) is 27.8 Å². The molecule has 0 amide bonds. The number of benzene rings is 8. The van der Waals surface area contributed by atoms with Gasteiger partial charge in [0.1, 0.15) is 70.1 Å². The fourth-order valence-corrected chi connectivity index (χ4v) is 10.1. The number of aromatic hydroxyl groups is 8. The van der Waals surface area contributed by atoms with E-state index >= 15 is 0 Å². The van der Waals surface area contributed by atoms with Crippen molar-refractivity contribution in [2.24, 2.45) is 0 Å². The topological polar surface area (TPSA) is 190 Å². The van der Waals surface area contributed by atoms with E-state index in [1.54, 1.807) is 78.9 Å². The molecule has 8 aromatic rings. The molecule has 6 atom stereocenters. The van der Waals surface area contributed by atoms with Gasteiger partial charge < -0.3 is 55.1 Å². The number of hydrogen-bond acceptors (Lipinski definition) is 11. The maximum Gasteiger partial charge on any atom is 0.157 e. The van der Waals surface area contributed by atoms with E-state index in [0.29, 0.717) is 50.6 Å². The zero-order valence-corrected chi connectivity index (χ0v) is 35.4. The van der Waals surface area contributed by atoms with Gasteiger partial charge in [-0.2, -0.15) is 0 Å². The van der Waals surface area contributed by atoms with Gasteiger partial charge in [-0.25, -0.2) is 0 Å². The number of fused-ring (bicyclic) bond motifs is 3. The molecule has 3 heterocycles. The van der Waals surface area contributed by atoms with Crippen molar-refractivity contribution < 1.29 is 55.1 Å². The highest BCUT2D eigenvalue weighted by Gasteiger charge is 2.46. The van der Waals surface area contributed by atoms with E-state index in [1.165, 1.54) is 24.3 Å². The number of hydrogen-bond donors (Lipinski definition) is 8. The summed E-state index contributed by atoms with van der Waals surface area (Å²) in [5.41, 5.74) is 7.80. The molecule has 0 aromatic heterocycles. The average Bonchev–Trinajstić information content (AvgIpc) is 4.01. The molecule has 0 aliphatic carbocycles. The maximum absolute atomic E-state index is 11.5. The summed E-state index contributed by atoms with van der Waals surface area (Å²) in [6.45, 7) is 0. The van der Waals surface area contributed by atoms with Gasteiger partial charge in [-0.15, -0.1) is 0 Å². The third-order valence-electron chi connectivity index (χ3n) is 13.0. The van der Waals surface area contributed by atoms with Crippen molar-refractivity contribution in [3.8, 4) is 63.2 Å². The Morgan fingerprint density at radius 2 is 0.925 bits per heavy atom. The van der Waals surface area contributed by atoms with Crippen molar-refractivity contribution in [1.29, 1.82) is 0 Å². The predicted molar refractivity (Wildman–Crippen MR) is 249 cm³/mol. The van der Waals surface area contributed by atoms with Crippen LogP contribution in [0.4, 0.5) is 0 Å². The van der Waals surface area contributed by atoms with Gasteiger partial charge >= 0.3 is 0 Å². The minimum Gasteiger partial charge on any atom is -0.508 e. The summed E-state index contributed by atoms with van der Waals surface area (Å²) in [5, 5.41) is 86.0. The highest BCUT2D eigenvalue weighted by atomic mass is 16.5. The summed E-state index contributed by atoms with van der Waals surface area (Å²) < 4.78 is 20.1. The summed E-state index contributed by atoms with van der Waals surface area (Å²) >= 11 is 0. The molecule has 0 fully saturated rings. The van der Waals surface area contributed by atoms with E-state index in [9.17, 15) is 40.9 Å². The molecular formula is C56H42O11. The third-order valence-corrected chi connectivity index (χ3v) is 13.0. The zero-order chi connectivity index (χ0) is 46.1. The van der Waals surface area contributed by atoms with Crippen LogP contribution in [-0.4, -0.2) is 40.9 Å². The Morgan fingerprint density at radius 3 is 1.64 bits per heavy atom. The normalized spacial score (nSPS) is 20.1. The molecule has 3 aliphatic rings. The van der Waals surface area contributed by atoms with Crippen LogP contribution in [-0.2, 0) is 0 Å². The second-order valence-electron chi connectivity index (χ2n) is 17.2. The molecule has 8 aromatic carbocycles. The summed E-state index contributed by atoms with van der Waals surface area (Å²) in [7, 11) is 0. The molecular weight excluding hydrogens is 849 g/mol. The minimum atomic E-state index is -0.804. The van der Waals surface area contributed by atoms with Gasteiger partial charge in [0.2, 0.25) is 0 Å². The van der Waals surface area contributed by atoms with Crippen LogP contribution in [0.15, 0.2) is 158 Å². The first-order valence-electron chi connectivity index (χ1n) is 21.7. The standard InChI is InChI=1S/C56H42O11/c57-36-15-12-31(13-16-36)55-51(35-22-38(59)25-39(60)23-35)53-43(26-41(62)28-48(53)67-55)52-42-19-29(10-18-46(42)65-56(52)34-14-17-44(63)45(64)24-34)9-11-33-21-40(61)27-47-49(33)50(32-7-4-8-37(58)20-32)54(66-47)30-5-2-1-3-6-30/h1-28,50-52,54-64H. The molecule has 11 heteroatoms. The Balaban J connectivity index is 1.06. The molecule has 67 heavy (non-hydrogen) atoms. The summed E-state index contributed by atoms with van der Waals surface area (Å²) in [6, 6.07) is 44.5. The number of phenolic OH excluding ortho intramolecular Hbond substituents is 8. The molecule has 0 bridgehead atoms. The molecule has 0 saturated heterocycles. The summed E-state index contributed by atoms with van der Waals surface area (Å²) in [6.07, 6.45) is 1.86. The van der Waals surface area contributed by atoms with Crippen LogP contribution in [0.25, 0.3) is 12.2 Å². The van der Waals surface area contributed by atoms with Crippen LogP contribution < -0.4 is 14.2 Å². The van der Waals surface area contributed by atoms with Crippen LogP contribution in [0, 0.1) is 0 Å². The minimum absolute atomic E-state index is 0.0179. The van der Waals surface area contributed by atoms with Crippen molar-refractivity contribution in [3.63, 3.8) is 0 Å². The van der Waals surface area contributed by atoms with E-state index in [1.807, 2.05) is 66.7 Å². The van der Waals surface area contributed by atoms with Crippen LogP contribution >= 0.6 is 0 Å². The lowest BCUT2D eigenvalue weighted by atomic mass is 9.76. The van der Waals surface area contributed by atoms with Crippen LogP contribution in [0.3, 0.4) is 0 Å². The molecule has 0 saturated carbocycles. The Hall–Kier alpha value is -8.70. The first-order valence-corrected chi connectivity index (χ1v) is 21.7. The quantitative estimate of drug-likeness (QED) is 0.0535. The van der Waals surface area contributed by atoms with Gasteiger partial charge in [0.25, 0.3) is 0 Å². The van der Waals surface area contributed by atoms with E-state index in [-0.39, 0.29) is 51.9 Å². The highest BCUT2D eigenvalue weighted by Crippen LogP contribution is 2.59. The maximum atomic E-state index is 11.5. The van der Waals surface area contributed by atoms with Gasteiger partial charge in [-0.05, 0) is 117 Å². The van der Waals surface area contributed by atoms with Crippen LogP contribution in [0.1, 0.15) is 97.3 Å². The predicted octanol–water partition coefficient (Wildman–Crippen LogP) is 11.3. The van der Waals surface area contributed by atoms with Gasteiger partial charge in [-0.1, -0.05) is 78.9 Å². The van der Waals surface area contributed by atoms with Gasteiger partial charge in [0.15, 0.2) is 11.5 Å². The first kappa shape index (κ1) is 41.0. The Labute approximate surface area is 384 Å². The van der Waals surface area contributed by atoms with Gasteiger partial charge in [-0.3, -0.25) is 0 Å². The average molecular weight is 891 g/mol. The van der Waals surface area contributed by atoms with Crippen molar-refractivity contribution >= 4 is 12.2 Å². The van der Waals surface area contributed by atoms with Crippen molar-refractivity contribution in [3.05, 3.63) is 219 Å². The number of phenols is 8. The molecule has 3 aliphatic heterocycles. The molecule has 332 valence electrons. The van der Waals surface area contributed by atoms with E-state index in [2.05, 4.69) is 0 Å². The largest absolute Gasteiger partial charge is 0.508 e. The Kier molecular flexibility index (Phi) is 9.84. The fourth-order valence-electron chi connectivity index (χ4n) is 10.1. The molecule has 6 unspecified atom stereocenters. The highest BCUT2D eigenvalue weighted by molar-refractivity contribution is 5.76. The Bertz CT molecular complexity index is 3230. The summed E-state index contributed by atoms with van der Waals surface area (Å²) in [4.78, 5) is 0. The lowest BCUT2D eigenvalue weighted by Gasteiger charge is -2.26. The molecule has 11 nitrogen and oxygen atoms in total. The number of rotatable bonds is 8. The van der Waals surface area contributed by atoms with Crippen molar-refractivity contribution in [2.75, 3.05) is 0 Å². The zero-order valence-electron chi connectivity index (χ0n) is 35.4. The van der Waals surface area contributed by atoms with Gasteiger partial charge in [0.05, 0.1) is 17.8 Å². The lowest BCUT2D eigenvalue weighted by molar-refractivity contribution is 0.219. The smallest absolute Gasteiger partial charge is 0.157 e. The lowest BCUT2D eigenvalue weighted by Crippen LogP contribution is -2.16. The van der Waals surface area contributed by atoms with Crippen molar-refractivity contribution in [1.82, 2.24) is 0 Å². The Morgan fingerprint density at radius 1 is 0.328 bits per heavy atom. The van der Waals surface area contributed by atoms with E-state index in [4.69, 9.17) is 14.2 Å². The summed E-state index contributed by atoms with van der Waals surface area (Å²) in [5.74, 6) is -1.15. The second-order valence-corrected chi connectivity index (χ2v) is 17.2. The molecule has 0 radical (unpaired) electrons. The first-order chi connectivity index (χ1) is 32.4. The van der Waals surface area contributed by atoms with Crippen LogP contribution in [0.5, 0.6) is 63.2 Å². The monoisotopic (exact) mass is 890 g/mol. The molecule has 0 spiro atoms. The second kappa shape index (κ2) is 16.1. The third kappa shape index (κ3) is 7.36. The molecule has 11 rings (SSSR count). The number of ether oxygens (including phenoxy) is 3. The molecule has 8 N–H and O–H groups in total. The van der Waals surface area contributed by atoms with E-state index < -0.39 is 30.1 Å².